The molecule has 0 aromatic heterocycles. The largest absolute Gasteiger partial charge is 0.493 e. The molecule has 0 heterocycles. The van der Waals surface area contributed by atoms with Crippen LogP contribution in [0.1, 0.15) is 11.1 Å². The third kappa shape index (κ3) is 3.86. The van der Waals surface area contributed by atoms with Crippen LogP contribution in [-0.4, -0.2) is 18.5 Å². The Morgan fingerprint density at radius 2 is 2.05 bits per heavy atom. The van der Waals surface area contributed by atoms with E-state index in [2.05, 4.69) is 5.16 Å². The van der Waals surface area contributed by atoms with E-state index in [1.165, 1.54) is 25.5 Å². The first kappa shape index (κ1) is 15.1. The van der Waals surface area contributed by atoms with Crippen LogP contribution < -0.4 is 9.47 Å². The number of benzene rings is 2. The minimum absolute atomic E-state index is 0.183. The third-order valence-electron chi connectivity index (χ3n) is 2.79. The second-order valence-electron chi connectivity index (χ2n) is 4.18. The summed E-state index contributed by atoms with van der Waals surface area (Å²) in [6.45, 7) is 0.183. The number of halogens is 2. The summed E-state index contributed by atoms with van der Waals surface area (Å²) in [4.78, 5) is 0. The fraction of sp³-hybridized carbons (Fsp3) is 0.133. The van der Waals surface area contributed by atoms with Crippen LogP contribution in [-0.2, 0) is 6.61 Å². The van der Waals surface area contributed by atoms with E-state index in [0.717, 1.165) is 0 Å². The van der Waals surface area contributed by atoms with Crippen molar-refractivity contribution in [3.05, 3.63) is 58.4 Å². The van der Waals surface area contributed by atoms with Crippen molar-refractivity contribution in [2.45, 2.75) is 6.61 Å². The van der Waals surface area contributed by atoms with Gasteiger partial charge in [0.05, 0.1) is 18.3 Å². The summed E-state index contributed by atoms with van der Waals surface area (Å²) in [6, 6.07) is 9.19. The molecular weight excluding hydrogens is 297 g/mol. The van der Waals surface area contributed by atoms with Crippen LogP contribution in [0, 0.1) is 5.82 Å². The maximum Gasteiger partial charge on any atom is 0.161 e. The molecule has 0 fully saturated rings. The monoisotopic (exact) mass is 309 g/mol. The number of oxime groups is 1. The Morgan fingerprint density at radius 1 is 1.24 bits per heavy atom. The predicted molar refractivity (Wildman–Crippen MR) is 78.1 cm³/mol. The summed E-state index contributed by atoms with van der Waals surface area (Å²) in [6.07, 6.45) is 1.28. The van der Waals surface area contributed by atoms with Crippen molar-refractivity contribution in [1.82, 2.24) is 0 Å². The van der Waals surface area contributed by atoms with Gasteiger partial charge in [-0.3, -0.25) is 0 Å². The van der Waals surface area contributed by atoms with Crippen molar-refractivity contribution in [3.63, 3.8) is 0 Å². The van der Waals surface area contributed by atoms with Crippen molar-refractivity contribution in [2.24, 2.45) is 5.16 Å². The van der Waals surface area contributed by atoms with Crippen LogP contribution in [0.5, 0.6) is 11.5 Å². The molecule has 6 heteroatoms. The molecule has 0 aliphatic rings. The van der Waals surface area contributed by atoms with Crippen LogP contribution in [0.3, 0.4) is 0 Å². The molecule has 0 saturated carbocycles. The Bertz CT molecular complexity index is 661. The average molecular weight is 310 g/mol. The molecular formula is C15H13ClFNO3. The molecule has 0 aliphatic carbocycles. The van der Waals surface area contributed by atoms with Gasteiger partial charge in [0.2, 0.25) is 0 Å². The summed E-state index contributed by atoms with van der Waals surface area (Å²) in [5, 5.41) is 11.8. The summed E-state index contributed by atoms with van der Waals surface area (Å²) in [5.74, 6) is 0.604. The molecule has 0 bridgehead atoms. The quantitative estimate of drug-likeness (QED) is 0.518. The van der Waals surface area contributed by atoms with E-state index in [-0.39, 0.29) is 6.61 Å². The van der Waals surface area contributed by atoms with Gasteiger partial charge < -0.3 is 14.7 Å². The maximum atomic E-state index is 13.0. The van der Waals surface area contributed by atoms with Gasteiger partial charge in [-0.25, -0.2) is 4.39 Å². The van der Waals surface area contributed by atoms with Gasteiger partial charge in [0, 0.05) is 11.1 Å². The lowest BCUT2D eigenvalue weighted by molar-refractivity contribution is 0.284. The molecule has 0 radical (unpaired) electrons. The van der Waals surface area contributed by atoms with E-state index in [4.69, 9.17) is 26.3 Å². The second kappa shape index (κ2) is 6.95. The Hall–Kier alpha value is -2.27. The SMILES string of the molecule is COc1cc(/C=N/O)ccc1OCc1ccc(F)cc1Cl. The van der Waals surface area contributed by atoms with Crippen molar-refractivity contribution >= 4 is 17.8 Å². The van der Waals surface area contributed by atoms with Crippen LogP contribution in [0.2, 0.25) is 5.02 Å². The maximum absolute atomic E-state index is 13.0. The Balaban J connectivity index is 2.15. The van der Waals surface area contributed by atoms with Gasteiger partial charge in [0.15, 0.2) is 11.5 Å². The number of hydrogen-bond donors (Lipinski definition) is 1. The van der Waals surface area contributed by atoms with Crippen LogP contribution >= 0.6 is 11.6 Å². The molecule has 110 valence electrons. The third-order valence-corrected chi connectivity index (χ3v) is 3.14. The number of hydrogen-bond acceptors (Lipinski definition) is 4. The zero-order valence-electron chi connectivity index (χ0n) is 11.2. The molecule has 21 heavy (non-hydrogen) atoms. The van der Waals surface area contributed by atoms with Crippen molar-refractivity contribution in [1.29, 1.82) is 0 Å². The molecule has 0 unspecified atom stereocenters. The summed E-state index contributed by atoms with van der Waals surface area (Å²) >= 11 is 5.94. The molecule has 0 atom stereocenters. The molecule has 0 amide bonds. The van der Waals surface area contributed by atoms with Crippen LogP contribution in [0.25, 0.3) is 0 Å². The lowest BCUT2D eigenvalue weighted by Crippen LogP contribution is -1.99. The fourth-order valence-corrected chi connectivity index (χ4v) is 1.97. The standard InChI is InChI=1S/C15H13ClFNO3/c1-20-15-6-10(8-18-19)2-5-14(15)21-9-11-3-4-12(17)7-13(11)16/h2-8,19H,9H2,1H3/b18-8+. The summed E-state index contributed by atoms with van der Waals surface area (Å²) in [5.41, 5.74) is 1.34. The van der Waals surface area contributed by atoms with E-state index < -0.39 is 5.82 Å². The highest BCUT2D eigenvalue weighted by Gasteiger charge is 2.08. The summed E-state index contributed by atoms with van der Waals surface area (Å²) in [7, 11) is 1.51. The van der Waals surface area contributed by atoms with Gasteiger partial charge in [-0.15, -0.1) is 0 Å². The zero-order valence-corrected chi connectivity index (χ0v) is 12.0. The van der Waals surface area contributed by atoms with E-state index in [9.17, 15) is 4.39 Å². The minimum Gasteiger partial charge on any atom is -0.493 e. The van der Waals surface area contributed by atoms with Gasteiger partial charge in [-0.05, 0) is 30.3 Å². The van der Waals surface area contributed by atoms with Crippen molar-refractivity contribution in [3.8, 4) is 11.5 Å². The number of methoxy groups -OCH3 is 1. The normalized spacial score (nSPS) is 10.8. The lowest BCUT2D eigenvalue weighted by Gasteiger charge is -2.12. The van der Waals surface area contributed by atoms with E-state index in [0.29, 0.717) is 27.6 Å². The second-order valence-corrected chi connectivity index (χ2v) is 4.59. The first-order chi connectivity index (χ1) is 10.1. The fourth-order valence-electron chi connectivity index (χ4n) is 1.74. The van der Waals surface area contributed by atoms with E-state index in [1.54, 1.807) is 24.3 Å². The Morgan fingerprint density at radius 3 is 2.71 bits per heavy atom. The van der Waals surface area contributed by atoms with Gasteiger partial charge in [-0.2, -0.15) is 0 Å². The Kier molecular flexibility index (Phi) is 5.00. The van der Waals surface area contributed by atoms with Gasteiger partial charge in [0.1, 0.15) is 12.4 Å². The van der Waals surface area contributed by atoms with E-state index >= 15 is 0 Å². The van der Waals surface area contributed by atoms with Crippen LogP contribution in [0.15, 0.2) is 41.6 Å². The first-order valence-electron chi connectivity index (χ1n) is 6.06. The highest BCUT2D eigenvalue weighted by Crippen LogP contribution is 2.29. The summed E-state index contributed by atoms with van der Waals surface area (Å²) < 4.78 is 23.8. The highest BCUT2D eigenvalue weighted by atomic mass is 35.5. The molecule has 0 saturated heterocycles. The first-order valence-corrected chi connectivity index (χ1v) is 6.44. The topological polar surface area (TPSA) is 51.0 Å². The van der Waals surface area contributed by atoms with Gasteiger partial charge in [0.25, 0.3) is 0 Å². The smallest absolute Gasteiger partial charge is 0.161 e. The molecule has 2 rings (SSSR count). The Labute approximate surface area is 126 Å². The van der Waals surface area contributed by atoms with E-state index in [1.807, 2.05) is 0 Å². The molecule has 1 N–H and O–H groups in total. The molecule has 2 aromatic rings. The molecule has 0 aliphatic heterocycles. The highest BCUT2D eigenvalue weighted by molar-refractivity contribution is 6.31. The minimum atomic E-state index is -0.394. The number of ether oxygens (including phenoxy) is 2. The average Bonchev–Trinajstić information content (AvgIpc) is 2.47. The predicted octanol–water partition coefficient (Wildman–Crippen LogP) is 3.87. The van der Waals surface area contributed by atoms with Gasteiger partial charge in [-0.1, -0.05) is 22.8 Å². The molecule has 4 nitrogen and oxygen atoms in total. The van der Waals surface area contributed by atoms with Crippen molar-refractivity contribution < 1.29 is 19.1 Å². The van der Waals surface area contributed by atoms with Gasteiger partial charge >= 0.3 is 0 Å². The lowest BCUT2D eigenvalue weighted by atomic mass is 10.2. The van der Waals surface area contributed by atoms with Crippen LogP contribution in [0.4, 0.5) is 4.39 Å². The number of rotatable bonds is 5. The van der Waals surface area contributed by atoms with Crippen molar-refractivity contribution in [2.75, 3.05) is 7.11 Å². The number of nitrogens with zero attached hydrogens (tertiary/aromatic N) is 1. The molecule has 2 aromatic carbocycles. The zero-order chi connectivity index (χ0) is 15.2. The molecule has 0 spiro atoms.